The van der Waals surface area contributed by atoms with Crippen molar-refractivity contribution in [2.75, 3.05) is 0 Å². The van der Waals surface area contributed by atoms with Gasteiger partial charge in [0.1, 0.15) is 0 Å². The average molecular weight is 242 g/mol. The summed E-state index contributed by atoms with van der Waals surface area (Å²) in [4.78, 5) is 24.1. The molecule has 2 saturated carbocycles. The van der Waals surface area contributed by atoms with Crippen molar-refractivity contribution < 1.29 is 9.59 Å². The highest BCUT2D eigenvalue weighted by molar-refractivity contribution is 5.95. The van der Waals surface area contributed by atoms with E-state index >= 15 is 0 Å². The molecule has 0 aromatic rings. The Balaban J connectivity index is 1.80. The molecular weight excluding hydrogens is 224 g/mol. The van der Waals surface area contributed by atoms with Gasteiger partial charge < -0.3 is 0 Å². The highest BCUT2D eigenvalue weighted by Gasteiger charge is 2.53. The van der Waals surface area contributed by atoms with Gasteiger partial charge in [-0.1, -0.05) is 12.2 Å². The Labute approximate surface area is 107 Å². The third-order valence-corrected chi connectivity index (χ3v) is 5.73. The summed E-state index contributed by atoms with van der Waals surface area (Å²) < 4.78 is 0. The molecule has 0 heterocycles. The van der Waals surface area contributed by atoms with Crippen molar-refractivity contribution in [2.24, 2.45) is 35.5 Å². The highest BCUT2D eigenvalue weighted by atomic mass is 16.1. The number of hydrogen-bond donors (Lipinski definition) is 0. The summed E-state index contributed by atoms with van der Waals surface area (Å²) in [6.45, 7) is 0. The molecule has 2 heteroatoms. The fraction of sp³-hybridized carbons (Fsp3) is 0.625. The van der Waals surface area contributed by atoms with Gasteiger partial charge in [0.05, 0.1) is 0 Å². The first-order chi connectivity index (χ1) is 8.75. The molecule has 0 radical (unpaired) electrons. The quantitative estimate of drug-likeness (QED) is 0.654. The third-order valence-electron chi connectivity index (χ3n) is 5.73. The summed E-state index contributed by atoms with van der Waals surface area (Å²) in [5.41, 5.74) is 0. The molecule has 4 aliphatic carbocycles. The largest absolute Gasteiger partial charge is 0.295 e. The molecule has 0 amide bonds. The molecule has 6 unspecified atom stereocenters. The van der Waals surface area contributed by atoms with Crippen molar-refractivity contribution in [3.05, 3.63) is 24.3 Å². The molecule has 18 heavy (non-hydrogen) atoms. The summed E-state index contributed by atoms with van der Waals surface area (Å²) in [6, 6.07) is 0. The van der Waals surface area contributed by atoms with Crippen LogP contribution in [0.3, 0.4) is 0 Å². The summed E-state index contributed by atoms with van der Waals surface area (Å²) in [6.07, 6.45) is 12.1. The van der Waals surface area contributed by atoms with E-state index in [1.54, 1.807) is 0 Å². The second-order valence-electron chi connectivity index (χ2n) is 6.37. The molecule has 0 aliphatic heterocycles. The topological polar surface area (TPSA) is 34.1 Å². The zero-order valence-corrected chi connectivity index (χ0v) is 10.4. The van der Waals surface area contributed by atoms with Crippen LogP contribution in [0.2, 0.25) is 0 Å². The zero-order chi connectivity index (χ0) is 12.3. The summed E-state index contributed by atoms with van der Waals surface area (Å²) >= 11 is 0. The van der Waals surface area contributed by atoms with Crippen LogP contribution in [0.1, 0.15) is 25.7 Å². The monoisotopic (exact) mass is 242 g/mol. The van der Waals surface area contributed by atoms with Crippen LogP contribution in [0.15, 0.2) is 24.3 Å². The van der Waals surface area contributed by atoms with Crippen molar-refractivity contribution in [3.8, 4) is 0 Å². The van der Waals surface area contributed by atoms with Gasteiger partial charge in [0.2, 0.25) is 0 Å². The van der Waals surface area contributed by atoms with Crippen LogP contribution >= 0.6 is 0 Å². The number of allylic oxidation sites excluding steroid dienone is 4. The molecule has 0 saturated heterocycles. The number of ketones is 2. The molecule has 2 nitrogen and oxygen atoms in total. The van der Waals surface area contributed by atoms with Crippen LogP contribution in [0.5, 0.6) is 0 Å². The molecule has 4 rings (SSSR count). The van der Waals surface area contributed by atoms with Gasteiger partial charge in [-0.2, -0.15) is 0 Å². The maximum atomic E-state index is 12.1. The van der Waals surface area contributed by atoms with E-state index < -0.39 is 0 Å². The SMILES string of the molecule is O=C1C=CC2CCC3C(=O)C=CC4CCC1C2C43. The van der Waals surface area contributed by atoms with E-state index in [0.717, 1.165) is 25.7 Å². The summed E-state index contributed by atoms with van der Waals surface area (Å²) in [5, 5.41) is 0. The molecule has 94 valence electrons. The molecule has 0 aromatic heterocycles. The molecule has 4 aliphatic rings. The van der Waals surface area contributed by atoms with Gasteiger partial charge in [-0.05, 0) is 61.5 Å². The Morgan fingerprint density at radius 3 is 1.61 bits per heavy atom. The number of hydrogen-bond acceptors (Lipinski definition) is 2. The molecular formula is C16H18O2. The molecule has 2 fully saturated rings. The van der Waals surface area contributed by atoms with Gasteiger partial charge in [-0.3, -0.25) is 9.59 Å². The van der Waals surface area contributed by atoms with E-state index in [1.807, 2.05) is 12.2 Å². The lowest BCUT2D eigenvalue weighted by Gasteiger charge is -2.53. The van der Waals surface area contributed by atoms with Crippen LogP contribution in [-0.4, -0.2) is 11.6 Å². The van der Waals surface area contributed by atoms with E-state index in [2.05, 4.69) is 12.2 Å². The molecule has 6 atom stereocenters. The molecule has 0 spiro atoms. The standard InChI is InChI=1S/C16H18O2/c17-13-8-4-10-2-6-12-14(18)7-3-9-1-5-11(13)16(10)15(9)12/h3-4,7-12,15-16H,1-2,5-6H2. The van der Waals surface area contributed by atoms with Gasteiger partial charge in [0.25, 0.3) is 0 Å². The van der Waals surface area contributed by atoms with Crippen LogP contribution in [0.4, 0.5) is 0 Å². The second kappa shape index (κ2) is 3.66. The fourth-order valence-corrected chi connectivity index (χ4v) is 5.01. The van der Waals surface area contributed by atoms with Crippen molar-refractivity contribution in [3.63, 3.8) is 0 Å². The minimum absolute atomic E-state index is 0.211. The second-order valence-corrected chi connectivity index (χ2v) is 6.37. The van der Waals surface area contributed by atoms with Gasteiger partial charge in [0, 0.05) is 11.8 Å². The van der Waals surface area contributed by atoms with E-state index in [-0.39, 0.29) is 11.8 Å². The minimum atomic E-state index is 0.211. The van der Waals surface area contributed by atoms with Gasteiger partial charge in [0.15, 0.2) is 11.6 Å². The zero-order valence-electron chi connectivity index (χ0n) is 10.4. The number of rotatable bonds is 0. The lowest BCUT2D eigenvalue weighted by atomic mass is 9.50. The normalized spacial score (nSPS) is 49.1. The lowest BCUT2D eigenvalue weighted by molar-refractivity contribution is -0.135. The Bertz CT molecular complexity index is 429. The first kappa shape index (κ1) is 10.7. The maximum absolute atomic E-state index is 12.1. The van der Waals surface area contributed by atoms with Gasteiger partial charge in [-0.15, -0.1) is 0 Å². The van der Waals surface area contributed by atoms with Gasteiger partial charge >= 0.3 is 0 Å². The van der Waals surface area contributed by atoms with Crippen molar-refractivity contribution in [1.82, 2.24) is 0 Å². The maximum Gasteiger partial charge on any atom is 0.158 e. The van der Waals surface area contributed by atoms with Crippen molar-refractivity contribution in [2.45, 2.75) is 25.7 Å². The van der Waals surface area contributed by atoms with Crippen LogP contribution in [0.25, 0.3) is 0 Å². The lowest BCUT2D eigenvalue weighted by Crippen LogP contribution is -2.51. The summed E-state index contributed by atoms with van der Waals surface area (Å²) in [5.74, 6) is 3.07. The first-order valence-corrected chi connectivity index (χ1v) is 7.20. The van der Waals surface area contributed by atoms with E-state index in [4.69, 9.17) is 0 Å². The number of carbonyl (C=O) groups is 2. The van der Waals surface area contributed by atoms with Crippen LogP contribution in [-0.2, 0) is 9.59 Å². The van der Waals surface area contributed by atoms with Crippen molar-refractivity contribution in [1.29, 1.82) is 0 Å². The van der Waals surface area contributed by atoms with Gasteiger partial charge in [-0.25, -0.2) is 0 Å². The van der Waals surface area contributed by atoms with E-state index in [0.29, 0.717) is 35.2 Å². The Morgan fingerprint density at radius 1 is 0.722 bits per heavy atom. The predicted molar refractivity (Wildman–Crippen MR) is 67.7 cm³/mol. The first-order valence-electron chi connectivity index (χ1n) is 7.20. The summed E-state index contributed by atoms with van der Waals surface area (Å²) in [7, 11) is 0. The average Bonchev–Trinajstić information content (AvgIpc) is 2.40. The Hall–Kier alpha value is -1.18. The highest BCUT2D eigenvalue weighted by Crippen LogP contribution is 2.55. The number of carbonyl (C=O) groups excluding carboxylic acids is 2. The minimum Gasteiger partial charge on any atom is -0.295 e. The third kappa shape index (κ3) is 1.29. The molecule has 0 bridgehead atoms. The van der Waals surface area contributed by atoms with E-state index in [1.165, 1.54) is 0 Å². The van der Waals surface area contributed by atoms with Crippen LogP contribution in [0, 0.1) is 35.5 Å². The van der Waals surface area contributed by atoms with E-state index in [9.17, 15) is 9.59 Å². The molecule has 0 aromatic carbocycles. The molecule has 0 N–H and O–H groups in total. The van der Waals surface area contributed by atoms with Crippen LogP contribution < -0.4 is 0 Å². The predicted octanol–water partition coefficient (Wildman–Crippen LogP) is 2.55. The van der Waals surface area contributed by atoms with Crippen molar-refractivity contribution >= 4 is 11.6 Å². The fourth-order valence-electron chi connectivity index (χ4n) is 5.01. The Kier molecular flexibility index (Phi) is 2.18. The Morgan fingerprint density at radius 2 is 1.17 bits per heavy atom. The smallest absolute Gasteiger partial charge is 0.158 e.